The summed E-state index contributed by atoms with van der Waals surface area (Å²) in [5.41, 5.74) is 5.33. The summed E-state index contributed by atoms with van der Waals surface area (Å²) in [4.78, 5) is 0. The zero-order valence-electron chi connectivity index (χ0n) is 14.7. The maximum Gasteiger partial charge on any atom is 0.141 e. The third kappa shape index (κ3) is 3.47. The first-order chi connectivity index (χ1) is 11.4. The number of ether oxygens (including phenoxy) is 1. The minimum Gasteiger partial charge on any atom is -0.481 e. The van der Waals surface area contributed by atoms with Crippen LogP contribution in [0.1, 0.15) is 17.5 Å². The fourth-order valence-electron chi connectivity index (χ4n) is 2.88. The molecule has 2 aromatic carbocycles. The highest BCUT2D eigenvalue weighted by Crippen LogP contribution is 2.55. The summed E-state index contributed by atoms with van der Waals surface area (Å²) in [6.45, 7) is 10.7. The molecule has 2 unspecified atom stereocenters. The Balaban J connectivity index is 1.95. The summed E-state index contributed by atoms with van der Waals surface area (Å²) >= 11 is 0. The maximum atomic E-state index is 6.54. The zero-order chi connectivity index (χ0) is 17.2. The third-order valence-corrected chi connectivity index (χ3v) is 5.14. The summed E-state index contributed by atoms with van der Waals surface area (Å²) < 4.78 is 6.54. The Hall–Kier alpha value is -2.24. The second-order valence-corrected chi connectivity index (χ2v) is 12.2. The average molecular weight is 333 g/mol. The Morgan fingerprint density at radius 3 is 2.38 bits per heavy atom. The smallest absolute Gasteiger partial charge is 0.141 e. The van der Waals surface area contributed by atoms with Crippen LogP contribution in [0.15, 0.2) is 67.3 Å². The van der Waals surface area contributed by atoms with Crippen molar-refractivity contribution < 1.29 is 4.74 Å². The quantitative estimate of drug-likeness (QED) is 0.414. The highest BCUT2D eigenvalue weighted by molar-refractivity contribution is 6.83. The minimum absolute atomic E-state index is 0.292. The van der Waals surface area contributed by atoms with Crippen LogP contribution in [-0.4, -0.2) is 8.07 Å². The Labute approximate surface area is 146 Å². The number of benzene rings is 2. The largest absolute Gasteiger partial charge is 0.481 e. The van der Waals surface area contributed by atoms with E-state index < -0.39 is 8.07 Å². The number of hydrogen-bond donors (Lipinski definition) is 0. The molecule has 2 atom stereocenters. The lowest BCUT2D eigenvalue weighted by molar-refractivity contribution is 0.168. The number of rotatable bonds is 4. The van der Waals surface area contributed by atoms with Crippen LogP contribution in [0.4, 0.5) is 0 Å². The monoisotopic (exact) mass is 332 g/mol. The van der Waals surface area contributed by atoms with Gasteiger partial charge in [0.1, 0.15) is 19.4 Å². The molecule has 0 N–H and O–H groups in total. The van der Waals surface area contributed by atoms with Crippen LogP contribution in [0.25, 0.3) is 0 Å². The van der Waals surface area contributed by atoms with Crippen molar-refractivity contribution in [1.29, 1.82) is 0 Å². The van der Waals surface area contributed by atoms with Gasteiger partial charge in [0.15, 0.2) is 0 Å². The highest BCUT2D eigenvalue weighted by Gasteiger charge is 2.56. The molecule has 0 spiro atoms. The van der Waals surface area contributed by atoms with Crippen LogP contribution in [-0.2, 0) is 5.60 Å². The summed E-state index contributed by atoms with van der Waals surface area (Å²) in [5, 5.41) is 0. The van der Waals surface area contributed by atoms with E-state index in [1.54, 1.807) is 0 Å². The molecule has 122 valence electrons. The lowest BCUT2D eigenvalue weighted by atomic mass is 10.0. The van der Waals surface area contributed by atoms with Gasteiger partial charge in [-0.25, -0.2) is 0 Å². The van der Waals surface area contributed by atoms with E-state index >= 15 is 0 Å². The van der Waals surface area contributed by atoms with Gasteiger partial charge in [-0.3, -0.25) is 0 Å². The van der Waals surface area contributed by atoms with Crippen LogP contribution in [0.5, 0.6) is 5.75 Å². The molecule has 0 amide bonds. The first-order valence-corrected chi connectivity index (χ1v) is 11.9. The molecule has 1 nitrogen and oxygen atoms in total. The van der Waals surface area contributed by atoms with Crippen molar-refractivity contribution in [3.8, 4) is 17.2 Å². The molecule has 0 aliphatic heterocycles. The zero-order valence-corrected chi connectivity index (χ0v) is 15.7. The summed E-state index contributed by atoms with van der Waals surface area (Å²) in [6, 6.07) is 18.6. The molecular weight excluding hydrogens is 308 g/mol. The van der Waals surface area contributed by atoms with E-state index in [-0.39, 0.29) is 5.60 Å². The van der Waals surface area contributed by atoms with Gasteiger partial charge in [-0.2, -0.15) is 0 Å². The van der Waals surface area contributed by atoms with Gasteiger partial charge in [0, 0.05) is 12.3 Å². The van der Waals surface area contributed by atoms with Gasteiger partial charge in [0.25, 0.3) is 0 Å². The van der Waals surface area contributed by atoms with Gasteiger partial charge in [0.05, 0.1) is 5.56 Å². The summed E-state index contributed by atoms with van der Waals surface area (Å²) in [5.74, 6) is 4.57. The van der Waals surface area contributed by atoms with Crippen LogP contribution < -0.4 is 4.74 Å². The lowest BCUT2D eigenvalue weighted by Crippen LogP contribution is -2.19. The van der Waals surface area contributed by atoms with Gasteiger partial charge in [-0.15, -0.1) is 12.1 Å². The standard InChI is InChI=1S/C22H24OSi/c1-5-19-17-22(19,20-12-7-6-8-13-20)23-21-14-10-9-11-18(21)15-16-24(2,3)4/h5-14,19H,1,17H2,2-4H3. The van der Waals surface area contributed by atoms with Crippen LogP contribution in [0, 0.1) is 17.4 Å². The SMILES string of the molecule is C=CC1CC1(Oc1ccccc1C#C[Si](C)(C)C)c1ccccc1. The predicted molar refractivity (Wildman–Crippen MR) is 104 cm³/mol. The molecule has 0 heterocycles. The second kappa shape index (κ2) is 6.34. The molecule has 1 fully saturated rings. The predicted octanol–water partition coefficient (Wildman–Crippen LogP) is 5.40. The third-order valence-electron chi connectivity index (χ3n) is 4.26. The van der Waals surface area contributed by atoms with E-state index in [9.17, 15) is 0 Å². The molecule has 3 rings (SSSR count). The minimum atomic E-state index is -1.42. The van der Waals surface area contributed by atoms with E-state index in [1.165, 1.54) is 5.56 Å². The molecule has 0 bridgehead atoms. The molecule has 2 heteroatoms. The second-order valence-electron chi connectivity index (χ2n) is 7.40. The molecule has 2 aromatic rings. The van der Waals surface area contributed by atoms with Crippen molar-refractivity contribution in [2.75, 3.05) is 0 Å². The lowest BCUT2D eigenvalue weighted by Gasteiger charge is -2.21. The fourth-order valence-corrected chi connectivity index (χ4v) is 3.39. The van der Waals surface area contributed by atoms with Crippen LogP contribution in [0.2, 0.25) is 19.6 Å². The summed E-state index contributed by atoms with van der Waals surface area (Å²) in [6.07, 6.45) is 2.97. The molecule has 0 aromatic heterocycles. The fraction of sp³-hybridized carbons (Fsp3) is 0.273. The number of para-hydroxylation sites is 1. The number of hydrogen-bond acceptors (Lipinski definition) is 1. The molecular formula is C22H24OSi. The van der Waals surface area contributed by atoms with E-state index in [0.29, 0.717) is 5.92 Å². The Morgan fingerprint density at radius 2 is 1.75 bits per heavy atom. The van der Waals surface area contributed by atoms with E-state index in [0.717, 1.165) is 17.7 Å². The van der Waals surface area contributed by atoms with Crippen molar-refractivity contribution >= 4 is 8.07 Å². The topological polar surface area (TPSA) is 9.23 Å². The van der Waals surface area contributed by atoms with Gasteiger partial charge in [-0.1, -0.05) is 74.1 Å². The Bertz CT molecular complexity index is 792. The Kier molecular flexibility index (Phi) is 4.39. The van der Waals surface area contributed by atoms with E-state index in [2.05, 4.69) is 61.9 Å². The molecule has 1 aliphatic carbocycles. The van der Waals surface area contributed by atoms with E-state index in [4.69, 9.17) is 4.74 Å². The Morgan fingerprint density at radius 1 is 1.08 bits per heavy atom. The van der Waals surface area contributed by atoms with Crippen molar-refractivity contribution in [3.05, 3.63) is 78.4 Å². The molecule has 0 saturated heterocycles. The van der Waals surface area contributed by atoms with Crippen molar-refractivity contribution in [2.24, 2.45) is 5.92 Å². The maximum absolute atomic E-state index is 6.54. The molecule has 1 saturated carbocycles. The van der Waals surface area contributed by atoms with Crippen LogP contribution >= 0.6 is 0 Å². The molecule has 0 radical (unpaired) electrons. The van der Waals surface area contributed by atoms with Gasteiger partial charge < -0.3 is 4.74 Å². The highest BCUT2D eigenvalue weighted by atomic mass is 28.3. The average Bonchev–Trinajstić information content (AvgIpc) is 3.28. The van der Waals surface area contributed by atoms with Crippen LogP contribution in [0.3, 0.4) is 0 Å². The van der Waals surface area contributed by atoms with Gasteiger partial charge >= 0.3 is 0 Å². The first kappa shape index (κ1) is 16.6. The van der Waals surface area contributed by atoms with E-state index in [1.807, 2.05) is 36.4 Å². The first-order valence-electron chi connectivity index (χ1n) is 8.44. The van der Waals surface area contributed by atoms with Crippen molar-refractivity contribution in [2.45, 2.75) is 31.7 Å². The normalized spacial score (nSPS) is 22.2. The molecule has 1 aliphatic rings. The van der Waals surface area contributed by atoms with Crippen molar-refractivity contribution in [3.63, 3.8) is 0 Å². The summed E-state index contributed by atoms with van der Waals surface area (Å²) in [7, 11) is -1.42. The van der Waals surface area contributed by atoms with Crippen molar-refractivity contribution in [1.82, 2.24) is 0 Å². The van der Waals surface area contributed by atoms with Gasteiger partial charge in [-0.05, 0) is 17.7 Å². The molecule has 24 heavy (non-hydrogen) atoms. The van der Waals surface area contributed by atoms with Gasteiger partial charge in [0.2, 0.25) is 0 Å².